The molecule has 0 spiro atoms. The Morgan fingerprint density at radius 1 is 1.53 bits per heavy atom. The molecule has 0 saturated carbocycles. The lowest BCUT2D eigenvalue weighted by molar-refractivity contribution is -0.120. The van der Waals surface area contributed by atoms with E-state index in [2.05, 4.69) is 5.32 Å². The van der Waals surface area contributed by atoms with Crippen molar-refractivity contribution in [2.45, 2.75) is 25.8 Å². The van der Waals surface area contributed by atoms with Crippen LogP contribution in [0.2, 0.25) is 0 Å². The number of nitrogens with one attached hydrogen (secondary N) is 1. The number of carbonyl (C=O) groups is 1. The number of ether oxygens (including phenoxy) is 1. The molecule has 5 heteroatoms. The molecule has 0 aliphatic rings. The highest BCUT2D eigenvalue weighted by molar-refractivity contribution is 7.99. The maximum atomic E-state index is 11.0. The van der Waals surface area contributed by atoms with Crippen molar-refractivity contribution in [3.8, 4) is 0 Å². The van der Waals surface area contributed by atoms with Crippen molar-refractivity contribution in [2.24, 2.45) is 5.73 Å². The van der Waals surface area contributed by atoms with Gasteiger partial charge in [0.1, 0.15) is 0 Å². The molecule has 0 aliphatic heterocycles. The second-order valence-corrected chi connectivity index (χ2v) is 4.48. The van der Waals surface area contributed by atoms with Crippen molar-refractivity contribution in [3.63, 3.8) is 0 Å². The van der Waals surface area contributed by atoms with Gasteiger partial charge in [-0.3, -0.25) is 4.79 Å². The Balaban J connectivity index is 3.41. The van der Waals surface area contributed by atoms with Gasteiger partial charge in [-0.05, 0) is 30.9 Å². The molecule has 0 aromatic rings. The Kier molecular flexibility index (Phi) is 10.1. The quantitative estimate of drug-likeness (QED) is 0.544. The lowest BCUT2D eigenvalue weighted by atomic mass is 10.2. The van der Waals surface area contributed by atoms with Crippen LogP contribution >= 0.6 is 11.8 Å². The van der Waals surface area contributed by atoms with Crippen LogP contribution in [0, 0.1) is 0 Å². The number of methoxy groups -OCH3 is 1. The van der Waals surface area contributed by atoms with Gasteiger partial charge in [-0.15, -0.1) is 0 Å². The summed E-state index contributed by atoms with van der Waals surface area (Å²) in [7, 11) is 1.71. The van der Waals surface area contributed by atoms with E-state index in [9.17, 15) is 4.79 Å². The van der Waals surface area contributed by atoms with Gasteiger partial charge in [-0.25, -0.2) is 0 Å². The van der Waals surface area contributed by atoms with Gasteiger partial charge in [0.2, 0.25) is 5.91 Å². The number of amides is 1. The SMILES string of the molecule is CCNC(CCSCCCOC)C(N)=O. The summed E-state index contributed by atoms with van der Waals surface area (Å²) in [6.07, 6.45) is 1.87. The third-order valence-corrected chi connectivity index (χ3v) is 3.08. The second-order valence-electron chi connectivity index (χ2n) is 3.26. The fraction of sp³-hybridized carbons (Fsp3) is 0.900. The van der Waals surface area contributed by atoms with E-state index in [0.717, 1.165) is 37.5 Å². The molecule has 0 fully saturated rings. The fourth-order valence-corrected chi connectivity index (χ4v) is 2.13. The van der Waals surface area contributed by atoms with Crippen LogP contribution in [-0.2, 0) is 9.53 Å². The topological polar surface area (TPSA) is 64.3 Å². The molecule has 1 unspecified atom stereocenters. The Morgan fingerprint density at radius 2 is 2.27 bits per heavy atom. The number of hydrogen-bond donors (Lipinski definition) is 2. The molecule has 1 atom stereocenters. The zero-order valence-electron chi connectivity index (χ0n) is 9.62. The van der Waals surface area contributed by atoms with Crippen molar-refractivity contribution in [1.29, 1.82) is 0 Å². The molecule has 90 valence electrons. The molecule has 0 bridgehead atoms. The minimum Gasteiger partial charge on any atom is -0.385 e. The summed E-state index contributed by atoms with van der Waals surface area (Å²) < 4.78 is 4.95. The zero-order chi connectivity index (χ0) is 11.5. The van der Waals surface area contributed by atoms with Gasteiger partial charge in [0.15, 0.2) is 0 Å². The van der Waals surface area contributed by atoms with Gasteiger partial charge in [-0.1, -0.05) is 6.92 Å². The number of likely N-dealkylation sites (N-methyl/N-ethyl adjacent to an activating group) is 1. The maximum absolute atomic E-state index is 11.0. The third-order valence-electron chi connectivity index (χ3n) is 1.98. The van der Waals surface area contributed by atoms with Crippen LogP contribution in [0.3, 0.4) is 0 Å². The molecule has 0 aromatic carbocycles. The smallest absolute Gasteiger partial charge is 0.234 e. The molecule has 0 saturated heterocycles. The average Bonchev–Trinajstić information content (AvgIpc) is 2.21. The molecule has 0 heterocycles. The number of rotatable bonds is 10. The second kappa shape index (κ2) is 10.3. The van der Waals surface area contributed by atoms with E-state index in [1.165, 1.54) is 0 Å². The highest BCUT2D eigenvalue weighted by Gasteiger charge is 2.12. The summed E-state index contributed by atoms with van der Waals surface area (Å²) >= 11 is 1.84. The standard InChI is InChI=1S/C10H22N2O2S/c1-3-12-9(10(11)13)5-8-15-7-4-6-14-2/h9,12H,3-8H2,1-2H3,(H2,11,13). The fourth-order valence-electron chi connectivity index (χ4n) is 1.20. The Labute approximate surface area is 96.3 Å². The minimum absolute atomic E-state index is 0.176. The largest absolute Gasteiger partial charge is 0.385 e. The molecule has 15 heavy (non-hydrogen) atoms. The summed E-state index contributed by atoms with van der Waals surface area (Å²) in [5, 5.41) is 3.07. The highest BCUT2D eigenvalue weighted by Crippen LogP contribution is 2.06. The molecular weight excluding hydrogens is 212 g/mol. The van der Waals surface area contributed by atoms with Crippen molar-refractivity contribution in [2.75, 3.05) is 31.8 Å². The highest BCUT2D eigenvalue weighted by atomic mass is 32.2. The van der Waals surface area contributed by atoms with Gasteiger partial charge >= 0.3 is 0 Å². The number of thioether (sulfide) groups is 1. The van der Waals surface area contributed by atoms with E-state index < -0.39 is 0 Å². The van der Waals surface area contributed by atoms with Crippen molar-refractivity contribution >= 4 is 17.7 Å². The van der Waals surface area contributed by atoms with Crippen LogP contribution in [0.5, 0.6) is 0 Å². The van der Waals surface area contributed by atoms with Crippen LogP contribution in [0.25, 0.3) is 0 Å². The molecule has 0 radical (unpaired) electrons. The predicted octanol–water partition coefficient (Wildman–Crippen LogP) is 0.610. The van der Waals surface area contributed by atoms with Crippen molar-refractivity contribution < 1.29 is 9.53 Å². The maximum Gasteiger partial charge on any atom is 0.234 e. The minimum atomic E-state index is -0.255. The van der Waals surface area contributed by atoms with E-state index in [4.69, 9.17) is 10.5 Å². The summed E-state index contributed by atoms with van der Waals surface area (Å²) in [4.78, 5) is 11.0. The van der Waals surface area contributed by atoms with Gasteiger partial charge < -0.3 is 15.8 Å². The van der Waals surface area contributed by atoms with Crippen LogP contribution in [0.1, 0.15) is 19.8 Å². The molecule has 0 aliphatic carbocycles. The van der Waals surface area contributed by atoms with Gasteiger partial charge in [0.25, 0.3) is 0 Å². The van der Waals surface area contributed by atoms with Gasteiger partial charge in [0, 0.05) is 13.7 Å². The molecule has 4 nitrogen and oxygen atoms in total. The van der Waals surface area contributed by atoms with Crippen LogP contribution in [0.4, 0.5) is 0 Å². The van der Waals surface area contributed by atoms with E-state index in [0.29, 0.717) is 0 Å². The van der Waals surface area contributed by atoms with E-state index in [1.54, 1.807) is 7.11 Å². The summed E-state index contributed by atoms with van der Waals surface area (Å²) in [5.74, 6) is 1.78. The zero-order valence-corrected chi connectivity index (χ0v) is 10.4. The number of primary amides is 1. The number of hydrogen-bond acceptors (Lipinski definition) is 4. The third kappa shape index (κ3) is 8.72. The molecule has 0 aromatic heterocycles. The average molecular weight is 234 g/mol. The van der Waals surface area contributed by atoms with Gasteiger partial charge in [-0.2, -0.15) is 11.8 Å². The molecular formula is C10H22N2O2S. The summed E-state index contributed by atoms with van der Waals surface area (Å²) in [6, 6.07) is -0.176. The van der Waals surface area contributed by atoms with Crippen LogP contribution in [0.15, 0.2) is 0 Å². The molecule has 1 amide bonds. The number of nitrogens with two attached hydrogens (primary N) is 1. The first-order chi connectivity index (χ1) is 7.22. The van der Waals surface area contributed by atoms with Crippen molar-refractivity contribution in [3.05, 3.63) is 0 Å². The Morgan fingerprint density at radius 3 is 2.80 bits per heavy atom. The Hall–Kier alpha value is -0.260. The van der Waals surface area contributed by atoms with Crippen LogP contribution in [-0.4, -0.2) is 43.7 Å². The normalized spacial score (nSPS) is 12.7. The van der Waals surface area contributed by atoms with Gasteiger partial charge in [0.05, 0.1) is 6.04 Å². The molecule has 3 N–H and O–H groups in total. The van der Waals surface area contributed by atoms with E-state index in [-0.39, 0.29) is 11.9 Å². The Bertz CT molecular complexity index is 168. The van der Waals surface area contributed by atoms with E-state index in [1.807, 2.05) is 18.7 Å². The lowest BCUT2D eigenvalue weighted by Gasteiger charge is -2.13. The summed E-state index contributed by atoms with van der Waals surface area (Å²) in [6.45, 7) is 3.56. The monoisotopic (exact) mass is 234 g/mol. The summed E-state index contributed by atoms with van der Waals surface area (Å²) in [5.41, 5.74) is 5.25. The first kappa shape index (κ1) is 14.7. The number of carbonyl (C=O) groups excluding carboxylic acids is 1. The van der Waals surface area contributed by atoms with E-state index >= 15 is 0 Å². The van der Waals surface area contributed by atoms with Crippen LogP contribution < -0.4 is 11.1 Å². The predicted molar refractivity (Wildman–Crippen MR) is 65.1 cm³/mol. The first-order valence-electron chi connectivity index (χ1n) is 5.31. The van der Waals surface area contributed by atoms with Crippen molar-refractivity contribution in [1.82, 2.24) is 5.32 Å². The first-order valence-corrected chi connectivity index (χ1v) is 6.47. The molecule has 0 rings (SSSR count). The lowest BCUT2D eigenvalue weighted by Crippen LogP contribution is -2.41.